The minimum atomic E-state index is -0.892. The zero-order chi connectivity index (χ0) is 34.6. The first-order valence-corrected chi connectivity index (χ1v) is 18.0. The summed E-state index contributed by atoms with van der Waals surface area (Å²) in [5.74, 6) is 0.894. The molecule has 1 saturated carbocycles. The van der Waals surface area contributed by atoms with Crippen LogP contribution in [0.2, 0.25) is 10.0 Å². The van der Waals surface area contributed by atoms with Gasteiger partial charge >= 0.3 is 6.01 Å². The Morgan fingerprint density at radius 2 is 1.94 bits per heavy atom. The van der Waals surface area contributed by atoms with E-state index >= 15 is 0 Å². The molecule has 50 heavy (non-hydrogen) atoms. The minimum absolute atomic E-state index is 0.00562. The van der Waals surface area contributed by atoms with E-state index in [9.17, 15) is 9.18 Å². The first kappa shape index (κ1) is 33.0. The minimum Gasteiger partial charge on any atom is -0.487 e. The van der Waals surface area contributed by atoms with E-state index in [1.54, 1.807) is 4.90 Å². The van der Waals surface area contributed by atoms with Crippen LogP contribution in [0.5, 0.6) is 11.8 Å². The molecule has 258 valence electrons. The highest BCUT2D eigenvalue weighted by Crippen LogP contribution is 2.49. The number of aromatic nitrogens is 2. The van der Waals surface area contributed by atoms with E-state index in [-0.39, 0.29) is 37.2 Å². The summed E-state index contributed by atoms with van der Waals surface area (Å²) in [7, 11) is 0. The number of nitrogens with zero attached hydrogens (tertiary/aromatic N) is 6. The Hall–Kier alpha value is -4.17. The van der Waals surface area contributed by atoms with Gasteiger partial charge in [0.1, 0.15) is 30.2 Å². The number of carbonyl (C=O) groups excluding carboxylic acids is 1. The van der Waals surface area contributed by atoms with Gasteiger partial charge in [0, 0.05) is 54.0 Å². The van der Waals surface area contributed by atoms with Crippen molar-refractivity contribution in [2.75, 3.05) is 50.8 Å². The molecule has 9 nitrogen and oxygen atoms in total. The molecule has 0 N–H and O–H groups in total. The number of carbonyl (C=O) groups is 1. The molecule has 3 saturated heterocycles. The van der Waals surface area contributed by atoms with E-state index in [0.29, 0.717) is 70.7 Å². The highest BCUT2D eigenvalue weighted by Gasteiger charge is 2.49. The average molecular weight is 716 g/mol. The van der Waals surface area contributed by atoms with Gasteiger partial charge in [0.05, 0.1) is 16.7 Å². The third-order valence-electron chi connectivity index (χ3n) is 10.6. The van der Waals surface area contributed by atoms with Crippen LogP contribution < -0.4 is 14.4 Å². The van der Waals surface area contributed by atoms with E-state index in [4.69, 9.17) is 49.2 Å². The fourth-order valence-corrected chi connectivity index (χ4v) is 8.64. The second-order valence-electron chi connectivity index (χ2n) is 13.8. The largest absolute Gasteiger partial charge is 0.487 e. The second-order valence-corrected chi connectivity index (χ2v) is 14.6. The van der Waals surface area contributed by atoms with Crippen LogP contribution in [0.1, 0.15) is 32.1 Å². The smallest absolute Gasteiger partial charge is 0.319 e. The first-order valence-electron chi connectivity index (χ1n) is 17.2. The first-order chi connectivity index (χ1) is 24.3. The Balaban J connectivity index is 1.30. The summed E-state index contributed by atoms with van der Waals surface area (Å²) in [4.78, 5) is 32.4. The lowest BCUT2D eigenvalue weighted by Gasteiger charge is -2.39. The highest BCUT2D eigenvalue weighted by atomic mass is 35.5. The van der Waals surface area contributed by atoms with Crippen LogP contribution in [0, 0.1) is 6.57 Å². The van der Waals surface area contributed by atoms with Gasteiger partial charge in [-0.2, -0.15) is 9.97 Å². The Morgan fingerprint density at radius 3 is 2.72 bits per heavy atom. The number of benzene rings is 3. The monoisotopic (exact) mass is 714 g/mol. The number of rotatable bonds is 9. The Morgan fingerprint density at radius 1 is 1.12 bits per heavy atom. The maximum absolute atomic E-state index is 14.7. The second kappa shape index (κ2) is 13.2. The van der Waals surface area contributed by atoms with Crippen LogP contribution in [0.25, 0.3) is 37.6 Å². The number of fused-ring (bicyclic) bond motifs is 3. The summed E-state index contributed by atoms with van der Waals surface area (Å²) in [5.41, 5.74) is 1.66. The molecular formula is C38H37Cl2FN6O3. The van der Waals surface area contributed by atoms with Gasteiger partial charge in [0.25, 0.3) is 0 Å². The zero-order valence-electron chi connectivity index (χ0n) is 27.6. The molecule has 3 aromatic carbocycles. The van der Waals surface area contributed by atoms with Crippen molar-refractivity contribution in [2.24, 2.45) is 0 Å². The fraction of sp³-hybridized carbons (Fsp3) is 0.421. The van der Waals surface area contributed by atoms with E-state index in [1.807, 2.05) is 42.5 Å². The maximum atomic E-state index is 14.7. The molecule has 8 rings (SSSR count). The fourth-order valence-electron chi connectivity index (χ4n) is 8.06. The molecule has 1 aromatic heterocycles. The van der Waals surface area contributed by atoms with Crippen molar-refractivity contribution in [1.82, 2.24) is 19.8 Å². The SMILES string of the molecule is [C-]#[N+]C[C@H]1CN(c2nc(OC[C@@]34CCCN3C[C@H](F)C4)nc3c(OC4CC4)c(-c4cccc5cccc(Cl)c45)c(Cl)cc23)CCN1C(=O)C=C. The molecule has 4 aliphatic rings. The summed E-state index contributed by atoms with van der Waals surface area (Å²) in [6.45, 7) is 14.1. The maximum Gasteiger partial charge on any atom is 0.319 e. The third kappa shape index (κ3) is 5.89. The molecular weight excluding hydrogens is 678 g/mol. The lowest BCUT2D eigenvalue weighted by Crippen LogP contribution is -2.56. The molecule has 0 spiro atoms. The number of hydrogen-bond acceptors (Lipinski definition) is 7. The Labute approximate surface area is 300 Å². The summed E-state index contributed by atoms with van der Waals surface area (Å²) >= 11 is 14.1. The molecule has 1 amide bonds. The van der Waals surface area contributed by atoms with Gasteiger partial charge < -0.3 is 24.1 Å². The van der Waals surface area contributed by atoms with Crippen molar-refractivity contribution in [3.05, 3.63) is 76.6 Å². The van der Waals surface area contributed by atoms with Crippen LogP contribution in [0.15, 0.2) is 55.1 Å². The van der Waals surface area contributed by atoms with E-state index in [2.05, 4.69) is 21.2 Å². The molecule has 0 bridgehead atoms. The summed E-state index contributed by atoms with van der Waals surface area (Å²) in [6, 6.07) is 13.4. The van der Waals surface area contributed by atoms with Crippen molar-refractivity contribution in [3.63, 3.8) is 0 Å². The molecule has 1 aliphatic carbocycles. The number of hydrogen-bond donors (Lipinski definition) is 0. The molecule has 12 heteroatoms. The Bertz CT molecular complexity index is 2050. The van der Waals surface area contributed by atoms with Crippen molar-refractivity contribution in [3.8, 4) is 22.9 Å². The molecule has 0 unspecified atom stereocenters. The van der Waals surface area contributed by atoms with Gasteiger partial charge in [-0.3, -0.25) is 9.69 Å². The van der Waals surface area contributed by atoms with E-state index in [1.165, 1.54) is 6.08 Å². The lowest BCUT2D eigenvalue weighted by atomic mass is 9.95. The number of ether oxygens (including phenoxy) is 2. The average Bonchev–Trinajstić information content (AvgIpc) is 3.77. The molecule has 0 radical (unpaired) electrons. The predicted molar refractivity (Wildman–Crippen MR) is 194 cm³/mol. The zero-order valence-corrected chi connectivity index (χ0v) is 29.1. The topological polar surface area (TPSA) is 75.4 Å². The molecule has 4 aromatic rings. The summed E-state index contributed by atoms with van der Waals surface area (Å²) in [6.07, 6.45) is 4.48. The highest BCUT2D eigenvalue weighted by molar-refractivity contribution is 6.38. The quantitative estimate of drug-likeness (QED) is 0.132. The number of anilines is 1. The van der Waals surface area contributed by atoms with Gasteiger partial charge in [-0.1, -0.05) is 60.1 Å². The van der Waals surface area contributed by atoms with Gasteiger partial charge in [0.15, 0.2) is 5.75 Å². The molecule has 4 heterocycles. The van der Waals surface area contributed by atoms with Gasteiger partial charge in [-0.05, 0) is 61.4 Å². The van der Waals surface area contributed by atoms with E-state index < -0.39 is 11.7 Å². The number of alkyl halides is 1. The van der Waals surface area contributed by atoms with Crippen LogP contribution >= 0.6 is 23.2 Å². The summed E-state index contributed by atoms with van der Waals surface area (Å²) in [5, 5.41) is 3.55. The van der Waals surface area contributed by atoms with Crippen LogP contribution in [-0.2, 0) is 4.79 Å². The lowest BCUT2D eigenvalue weighted by molar-refractivity contribution is -0.128. The molecule has 3 aliphatic heterocycles. The van der Waals surface area contributed by atoms with Gasteiger partial charge in [-0.25, -0.2) is 11.0 Å². The Kier molecular flexibility index (Phi) is 8.70. The van der Waals surface area contributed by atoms with Crippen LogP contribution in [0.4, 0.5) is 10.2 Å². The van der Waals surface area contributed by atoms with Crippen molar-refractivity contribution in [2.45, 2.75) is 56.0 Å². The normalized spacial score (nSPS) is 23.6. The van der Waals surface area contributed by atoms with Crippen molar-refractivity contribution >= 4 is 56.6 Å². The van der Waals surface area contributed by atoms with Crippen molar-refractivity contribution < 1.29 is 18.7 Å². The number of halogens is 3. The number of amides is 1. The van der Waals surface area contributed by atoms with Gasteiger partial charge in [-0.15, -0.1) is 0 Å². The summed E-state index contributed by atoms with van der Waals surface area (Å²) < 4.78 is 27.9. The molecule has 3 atom stereocenters. The van der Waals surface area contributed by atoms with Crippen molar-refractivity contribution in [1.29, 1.82) is 0 Å². The third-order valence-corrected chi connectivity index (χ3v) is 11.2. The van der Waals surface area contributed by atoms with Crippen LogP contribution in [0.3, 0.4) is 0 Å². The molecule has 4 fully saturated rings. The number of piperazine rings is 1. The van der Waals surface area contributed by atoms with E-state index in [0.717, 1.165) is 48.6 Å². The predicted octanol–water partition coefficient (Wildman–Crippen LogP) is 7.38. The van der Waals surface area contributed by atoms with Crippen LogP contribution in [-0.4, -0.2) is 95.4 Å². The standard InChI is InChI=1S/C38H37Cl2FN6O3/c1-3-31(48)47-16-15-45(21-25(47)19-42-2)36-28-17-30(40)33(27-9-4-7-23-8-5-10-29(39)32(23)27)35(50-26-11-12-26)34(28)43-37(44-36)49-22-38-13-6-14-46(38)20-24(41)18-38/h3-5,7-10,17,24-26H,1,6,11-16,18-22H2/t24-,25+,38+/m1/s1. The van der Waals surface area contributed by atoms with Gasteiger partial charge in [0.2, 0.25) is 12.5 Å².